The minimum atomic E-state index is -4.62. The summed E-state index contributed by atoms with van der Waals surface area (Å²) in [5.74, 6) is -0.836. The van der Waals surface area contributed by atoms with E-state index in [1.54, 1.807) is 0 Å². The van der Waals surface area contributed by atoms with Crippen LogP contribution in [0.25, 0.3) is 0 Å². The second-order valence-corrected chi connectivity index (χ2v) is 4.82. The predicted octanol–water partition coefficient (Wildman–Crippen LogP) is 3.80. The molecule has 7 nitrogen and oxygen atoms in total. The van der Waals surface area contributed by atoms with Crippen molar-refractivity contribution in [2.45, 2.75) is 13.1 Å². The Morgan fingerprint density at radius 2 is 1.96 bits per heavy atom. The number of alkyl halides is 3. The number of nitrogens with zero attached hydrogens (tertiary/aromatic N) is 4. The highest BCUT2D eigenvalue weighted by Gasteiger charge is 2.33. The first-order valence-corrected chi connectivity index (χ1v) is 6.42. The van der Waals surface area contributed by atoms with E-state index in [9.17, 15) is 18.0 Å². The quantitative estimate of drug-likeness (QED) is 0.805. The Morgan fingerprint density at radius 1 is 1.30 bits per heavy atom. The fourth-order valence-electron chi connectivity index (χ4n) is 1.68. The molecule has 122 valence electrons. The number of benzene rings is 1. The molecule has 0 spiro atoms. The highest BCUT2D eigenvalue weighted by atomic mass is 35.5. The summed E-state index contributed by atoms with van der Waals surface area (Å²) in [5.41, 5.74) is 9.92. The normalized spacial score (nSPS) is 12.0. The van der Waals surface area contributed by atoms with E-state index in [-0.39, 0.29) is 23.0 Å². The van der Waals surface area contributed by atoms with Crippen molar-refractivity contribution in [3.63, 3.8) is 0 Å². The van der Waals surface area contributed by atoms with E-state index in [1.165, 1.54) is 13.0 Å². The topological polar surface area (TPSA) is 112 Å². The molecule has 2 aromatic rings. The van der Waals surface area contributed by atoms with Crippen LogP contribution in [0.1, 0.15) is 17.3 Å². The third-order valence-electron chi connectivity index (χ3n) is 2.74. The monoisotopic (exact) mass is 346 g/mol. The summed E-state index contributed by atoms with van der Waals surface area (Å²) in [5, 5.41) is 10.5. The molecule has 2 rings (SSSR count). The second kappa shape index (κ2) is 5.88. The second-order valence-electron chi connectivity index (χ2n) is 4.41. The Labute approximate surface area is 132 Å². The molecule has 0 saturated heterocycles. The van der Waals surface area contributed by atoms with Crippen LogP contribution in [0, 0.1) is 0 Å². The number of carbonyl (C=O) groups excluding carboxylic acids is 1. The number of nitrogens with two attached hydrogens (primary N) is 2. The number of carbonyl (C=O) groups is 1. The van der Waals surface area contributed by atoms with E-state index in [0.29, 0.717) is 0 Å². The number of nitrogen functional groups attached to an aromatic ring is 2. The van der Waals surface area contributed by atoms with Gasteiger partial charge in [-0.3, -0.25) is 4.79 Å². The average Bonchev–Trinajstić information content (AvgIpc) is 2.72. The summed E-state index contributed by atoms with van der Waals surface area (Å²) < 4.78 is 39.1. The zero-order valence-corrected chi connectivity index (χ0v) is 12.4. The SMILES string of the molecule is CC(=O)n1nc(N)c(N=Nc2ccc(Cl)c(C(F)(F)F)c2)c1N. The van der Waals surface area contributed by atoms with Crippen LogP contribution < -0.4 is 11.5 Å². The first kappa shape index (κ1) is 16.7. The lowest BCUT2D eigenvalue weighted by atomic mass is 10.2. The standard InChI is InChI=1S/C12H10ClF3N6O/c1-5(23)22-11(18)9(10(17)21-22)20-19-6-2-3-8(13)7(4-6)12(14,15)16/h2-4H,18H2,1H3,(H2,17,21). The Kier molecular flexibility index (Phi) is 4.28. The number of aromatic nitrogens is 2. The summed E-state index contributed by atoms with van der Waals surface area (Å²) in [7, 11) is 0. The molecule has 0 aliphatic rings. The van der Waals surface area contributed by atoms with E-state index in [0.717, 1.165) is 16.8 Å². The van der Waals surface area contributed by atoms with E-state index in [1.807, 2.05) is 0 Å². The van der Waals surface area contributed by atoms with Crippen molar-refractivity contribution >= 4 is 40.5 Å². The average molecular weight is 347 g/mol. The van der Waals surface area contributed by atoms with Crippen molar-refractivity contribution in [3.8, 4) is 0 Å². The number of hydrogen-bond donors (Lipinski definition) is 2. The van der Waals surface area contributed by atoms with Gasteiger partial charge in [-0.2, -0.15) is 23.0 Å². The lowest BCUT2D eigenvalue weighted by molar-refractivity contribution is -0.137. The molecule has 4 N–H and O–H groups in total. The van der Waals surface area contributed by atoms with Gasteiger partial charge < -0.3 is 11.5 Å². The van der Waals surface area contributed by atoms with Crippen LogP contribution in [0.15, 0.2) is 28.4 Å². The van der Waals surface area contributed by atoms with Gasteiger partial charge in [0.1, 0.15) is 0 Å². The van der Waals surface area contributed by atoms with Crippen LogP contribution in [-0.2, 0) is 6.18 Å². The van der Waals surface area contributed by atoms with Gasteiger partial charge in [0.2, 0.25) is 5.91 Å². The van der Waals surface area contributed by atoms with Gasteiger partial charge in [-0.1, -0.05) is 11.6 Å². The maximum absolute atomic E-state index is 12.8. The van der Waals surface area contributed by atoms with Gasteiger partial charge in [-0.15, -0.1) is 10.2 Å². The fraction of sp³-hybridized carbons (Fsp3) is 0.167. The zero-order valence-electron chi connectivity index (χ0n) is 11.6. The number of hydrogen-bond acceptors (Lipinski definition) is 6. The first-order valence-electron chi connectivity index (χ1n) is 6.04. The summed E-state index contributed by atoms with van der Waals surface area (Å²) in [6, 6.07) is 3.01. The van der Waals surface area contributed by atoms with E-state index in [2.05, 4.69) is 15.3 Å². The molecule has 0 aliphatic carbocycles. The van der Waals surface area contributed by atoms with Crippen LogP contribution >= 0.6 is 11.6 Å². The Bertz CT molecular complexity index is 799. The molecule has 1 heterocycles. The van der Waals surface area contributed by atoms with E-state index >= 15 is 0 Å². The first-order chi connectivity index (χ1) is 10.6. The molecular formula is C12H10ClF3N6O. The van der Waals surface area contributed by atoms with Gasteiger partial charge in [-0.25, -0.2) is 0 Å². The largest absolute Gasteiger partial charge is 0.417 e. The van der Waals surface area contributed by atoms with Crippen molar-refractivity contribution in [1.82, 2.24) is 9.78 Å². The fourth-order valence-corrected chi connectivity index (χ4v) is 1.91. The Balaban J connectivity index is 2.40. The lowest BCUT2D eigenvalue weighted by Crippen LogP contribution is -2.10. The molecule has 1 aromatic heterocycles. The highest BCUT2D eigenvalue weighted by molar-refractivity contribution is 6.31. The summed E-state index contributed by atoms with van der Waals surface area (Å²) in [4.78, 5) is 11.3. The van der Waals surface area contributed by atoms with Crippen LogP contribution in [0.2, 0.25) is 5.02 Å². The van der Waals surface area contributed by atoms with Crippen LogP contribution in [0.3, 0.4) is 0 Å². The molecule has 23 heavy (non-hydrogen) atoms. The van der Waals surface area contributed by atoms with Gasteiger partial charge in [0.15, 0.2) is 17.3 Å². The molecule has 11 heteroatoms. The Morgan fingerprint density at radius 3 is 2.48 bits per heavy atom. The van der Waals surface area contributed by atoms with Crippen molar-refractivity contribution < 1.29 is 18.0 Å². The van der Waals surface area contributed by atoms with Gasteiger partial charge in [0.25, 0.3) is 0 Å². The predicted molar refractivity (Wildman–Crippen MR) is 78.0 cm³/mol. The summed E-state index contributed by atoms with van der Waals surface area (Å²) in [6.07, 6.45) is -4.62. The van der Waals surface area contributed by atoms with Gasteiger partial charge in [0, 0.05) is 6.92 Å². The minimum Gasteiger partial charge on any atom is -0.382 e. The molecule has 0 atom stereocenters. The van der Waals surface area contributed by atoms with Crippen LogP contribution in [0.4, 0.5) is 36.2 Å². The molecule has 0 bridgehead atoms. The highest BCUT2D eigenvalue weighted by Crippen LogP contribution is 2.37. The third-order valence-corrected chi connectivity index (χ3v) is 3.07. The molecule has 0 saturated carbocycles. The van der Waals surface area contributed by atoms with E-state index in [4.69, 9.17) is 23.1 Å². The van der Waals surface area contributed by atoms with Gasteiger partial charge in [-0.05, 0) is 18.2 Å². The molecule has 0 amide bonds. The maximum Gasteiger partial charge on any atom is 0.417 e. The summed E-state index contributed by atoms with van der Waals surface area (Å²) >= 11 is 5.50. The number of rotatable bonds is 2. The number of anilines is 2. The lowest BCUT2D eigenvalue weighted by Gasteiger charge is -2.08. The van der Waals surface area contributed by atoms with Crippen LogP contribution in [0.5, 0.6) is 0 Å². The molecule has 0 aliphatic heterocycles. The zero-order chi connectivity index (χ0) is 17.4. The third kappa shape index (κ3) is 3.42. The van der Waals surface area contributed by atoms with Gasteiger partial charge in [0.05, 0.1) is 16.3 Å². The maximum atomic E-state index is 12.8. The van der Waals surface area contributed by atoms with E-state index < -0.39 is 22.7 Å². The van der Waals surface area contributed by atoms with Crippen molar-refractivity contribution in [2.24, 2.45) is 10.2 Å². The van der Waals surface area contributed by atoms with Gasteiger partial charge >= 0.3 is 6.18 Å². The molecule has 0 unspecified atom stereocenters. The summed E-state index contributed by atoms with van der Waals surface area (Å²) in [6.45, 7) is 1.21. The molecule has 0 radical (unpaired) electrons. The van der Waals surface area contributed by atoms with Crippen LogP contribution in [-0.4, -0.2) is 15.7 Å². The van der Waals surface area contributed by atoms with Crippen molar-refractivity contribution in [2.75, 3.05) is 11.5 Å². The molecule has 0 fully saturated rings. The molecular weight excluding hydrogens is 337 g/mol. The number of azo groups is 1. The smallest absolute Gasteiger partial charge is 0.382 e. The van der Waals surface area contributed by atoms with Crippen molar-refractivity contribution in [1.29, 1.82) is 0 Å². The minimum absolute atomic E-state index is 0.108. The van der Waals surface area contributed by atoms with Crippen molar-refractivity contribution in [3.05, 3.63) is 28.8 Å². The Hall–Kier alpha value is -2.62. The molecule has 1 aromatic carbocycles. The number of halogens is 4.